The van der Waals surface area contributed by atoms with Crippen LogP contribution in [-0.4, -0.2) is 50.0 Å². The first-order chi connectivity index (χ1) is 13.1. The molecule has 1 aromatic carbocycles. The molecule has 0 unspecified atom stereocenters. The van der Waals surface area contributed by atoms with Gasteiger partial charge in [0.25, 0.3) is 5.78 Å². The zero-order valence-corrected chi connectivity index (χ0v) is 17.2. The van der Waals surface area contributed by atoms with Crippen LogP contribution in [0.5, 0.6) is 0 Å². The fraction of sp³-hybridized carbons (Fsp3) is 0.400. The average molecular weight is 403 g/mol. The summed E-state index contributed by atoms with van der Waals surface area (Å²) in [6.07, 6.45) is 3.39. The van der Waals surface area contributed by atoms with Gasteiger partial charge in [-0.2, -0.15) is 10.1 Å². The Kier molecular flexibility index (Phi) is 7.90. The monoisotopic (exact) mass is 402 g/mol. The van der Waals surface area contributed by atoms with Crippen molar-refractivity contribution in [2.75, 3.05) is 19.6 Å². The number of carbonyl (C=O) groups is 1. The molecule has 0 bridgehead atoms. The third-order valence-electron chi connectivity index (χ3n) is 4.84. The molecular weight excluding hydrogens is 376 g/mol. The lowest BCUT2D eigenvalue weighted by Gasteiger charge is -2.22. The van der Waals surface area contributed by atoms with Gasteiger partial charge in [0.1, 0.15) is 6.33 Å². The van der Waals surface area contributed by atoms with Crippen LogP contribution in [0.4, 0.5) is 0 Å². The van der Waals surface area contributed by atoms with Gasteiger partial charge >= 0.3 is 0 Å². The van der Waals surface area contributed by atoms with Crippen LogP contribution in [0, 0.1) is 13.8 Å². The van der Waals surface area contributed by atoms with Crippen molar-refractivity contribution in [1.82, 2.24) is 24.5 Å². The molecule has 0 saturated heterocycles. The molecule has 150 valence electrons. The maximum Gasteiger partial charge on any atom is 0.252 e. The van der Waals surface area contributed by atoms with Crippen LogP contribution in [0.1, 0.15) is 28.9 Å². The number of hydrogen-bond donors (Lipinski definition) is 1. The summed E-state index contributed by atoms with van der Waals surface area (Å²) in [6.45, 7) is 5.66. The zero-order valence-electron chi connectivity index (χ0n) is 16.3. The predicted octanol–water partition coefficient (Wildman–Crippen LogP) is 2.13. The van der Waals surface area contributed by atoms with E-state index in [9.17, 15) is 4.79 Å². The van der Waals surface area contributed by atoms with Gasteiger partial charge in [0.05, 0.1) is 0 Å². The summed E-state index contributed by atoms with van der Waals surface area (Å²) in [6, 6.07) is 10.2. The van der Waals surface area contributed by atoms with E-state index in [2.05, 4.69) is 27.2 Å². The lowest BCUT2D eigenvalue weighted by atomic mass is 10.1. The molecule has 2 aromatic heterocycles. The minimum Gasteiger partial charge on any atom is -0.341 e. The highest BCUT2D eigenvalue weighted by Crippen LogP contribution is 2.15. The normalized spacial score (nSPS) is 10.7. The maximum absolute atomic E-state index is 12.8. The molecule has 7 nitrogen and oxygen atoms in total. The van der Waals surface area contributed by atoms with Gasteiger partial charge in [-0.25, -0.2) is 9.50 Å². The fourth-order valence-corrected chi connectivity index (χ4v) is 3.33. The summed E-state index contributed by atoms with van der Waals surface area (Å²) >= 11 is 0. The Hall–Kier alpha value is -2.51. The quantitative estimate of drug-likeness (QED) is 0.623. The molecule has 0 spiro atoms. The molecule has 2 heterocycles. The van der Waals surface area contributed by atoms with E-state index in [1.807, 2.05) is 36.9 Å². The third kappa shape index (κ3) is 5.05. The molecular formula is C20H27ClN6O. The van der Waals surface area contributed by atoms with Crippen molar-refractivity contribution in [3.05, 3.63) is 59.2 Å². The lowest BCUT2D eigenvalue weighted by molar-refractivity contribution is -0.131. The molecule has 3 rings (SSSR count). The molecule has 0 radical (unpaired) electrons. The molecule has 28 heavy (non-hydrogen) atoms. The highest BCUT2D eigenvalue weighted by atomic mass is 35.5. The molecule has 8 heteroatoms. The van der Waals surface area contributed by atoms with Crippen LogP contribution >= 0.6 is 12.4 Å². The predicted molar refractivity (Wildman–Crippen MR) is 112 cm³/mol. The molecule has 3 aromatic rings. The Morgan fingerprint density at radius 2 is 1.89 bits per heavy atom. The van der Waals surface area contributed by atoms with Crippen LogP contribution < -0.4 is 5.73 Å². The van der Waals surface area contributed by atoms with Crippen molar-refractivity contribution >= 4 is 24.1 Å². The zero-order chi connectivity index (χ0) is 19.2. The first-order valence-electron chi connectivity index (χ1n) is 9.27. The number of hydrogen-bond acceptors (Lipinski definition) is 5. The van der Waals surface area contributed by atoms with Crippen LogP contribution in [0.15, 0.2) is 36.7 Å². The number of amides is 1. The van der Waals surface area contributed by atoms with E-state index >= 15 is 0 Å². The van der Waals surface area contributed by atoms with E-state index in [0.717, 1.165) is 23.4 Å². The van der Waals surface area contributed by atoms with Gasteiger partial charge in [-0.05, 0) is 37.8 Å². The highest BCUT2D eigenvalue weighted by Gasteiger charge is 2.16. The van der Waals surface area contributed by atoms with Gasteiger partial charge in [-0.3, -0.25) is 4.79 Å². The molecule has 0 atom stereocenters. The molecule has 0 aliphatic heterocycles. The number of nitrogens with two attached hydrogens (primary N) is 1. The summed E-state index contributed by atoms with van der Waals surface area (Å²) in [5.41, 5.74) is 9.88. The van der Waals surface area contributed by atoms with Gasteiger partial charge in [-0.15, -0.1) is 12.4 Å². The summed E-state index contributed by atoms with van der Waals surface area (Å²) < 4.78 is 1.72. The molecule has 2 N–H and O–H groups in total. The standard InChI is InChI=1S/C20H26N6O.ClH/c1-15-18(16(2)26-20(24-15)22-14-23-26)8-9-19(27)25(13-11-21)12-10-17-6-4-3-5-7-17;/h3-7,14H,8-13,21H2,1-2H3;1H. The Labute approximate surface area is 171 Å². The second-order valence-corrected chi connectivity index (χ2v) is 6.64. The minimum absolute atomic E-state index is 0. The first kappa shape index (κ1) is 21.8. The second kappa shape index (κ2) is 10.1. The van der Waals surface area contributed by atoms with Crippen molar-refractivity contribution in [3.63, 3.8) is 0 Å². The van der Waals surface area contributed by atoms with Crippen molar-refractivity contribution < 1.29 is 4.79 Å². The van der Waals surface area contributed by atoms with Crippen LogP contribution in [0.3, 0.4) is 0 Å². The van der Waals surface area contributed by atoms with E-state index in [1.54, 1.807) is 4.52 Å². The maximum atomic E-state index is 12.8. The molecule has 0 aliphatic carbocycles. The van der Waals surface area contributed by atoms with Crippen molar-refractivity contribution in [1.29, 1.82) is 0 Å². The summed E-state index contributed by atoms with van der Waals surface area (Å²) in [4.78, 5) is 23.2. The second-order valence-electron chi connectivity index (χ2n) is 6.64. The van der Waals surface area contributed by atoms with Crippen LogP contribution in [-0.2, 0) is 17.6 Å². The topological polar surface area (TPSA) is 89.4 Å². The summed E-state index contributed by atoms with van der Waals surface area (Å²) in [5, 5.41) is 4.21. The number of carbonyl (C=O) groups excluding carboxylic acids is 1. The Bertz CT molecular complexity index is 912. The number of rotatable bonds is 8. The number of nitrogens with zero attached hydrogens (tertiary/aromatic N) is 5. The van der Waals surface area contributed by atoms with Gasteiger partial charge in [0, 0.05) is 37.4 Å². The SMILES string of the molecule is Cc1nc2ncnn2c(C)c1CCC(=O)N(CCN)CCc1ccccc1.Cl. The summed E-state index contributed by atoms with van der Waals surface area (Å²) in [7, 11) is 0. The van der Waals surface area contributed by atoms with E-state index in [1.165, 1.54) is 11.9 Å². The number of benzene rings is 1. The number of halogens is 1. The van der Waals surface area contributed by atoms with Crippen LogP contribution in [0.2, 0.25) is 0 Å². The number of aromatic nitrogens is 4. The van der Waals surface area contributed by atoms with Gasteiger partial charge in [0.15, 0.2) is 0 Å². The van der Waals surface area contributed by atoms with Crippen molar-refractivity contribution in [2.45, 2.75) is 33.1 Å². The molecule has 1 amide bonds. The van der Waals surface area contributed by atoms with E-state index < -0.39 is 0 Å². The molecule has 0 aliphatic rings. The number of aryl methyl sites for hydroxylation is 2. The Morgan fingerprint density at radius 1 is 1.14 bits per heavy atom. The first-order valence-corrected chi connectivity index (χ1v) is 9.27. The third-order valence-corrected chi connectivity index (χ3v) is 4.84. The number of fused-ring (bicyclic) bond motifs is 1. The van der Waals surface area contributed by atoms with Gasteiger partial charge in [-0.1, -0.05) is 30.3 Å². The van der Waals surface area contributed by atoms with E-state index in [0.29, 0.717) is 38.3 Å². The Balaban J connectivity index is 0.00000280. The smallest absolute Gasteiger partial charge is 0.252 e. The summed E-state index contributed by atoms with van der Waals surface area (Å²) in [5.74, 6) is 0.710. The lowest BCUT2D eigenvalue weighted by Crippen LogP contribution is -2.37. The van der Waals surface area contributed by atoms with E-state index in [-0.39, 0.29) is 18.3 Å². The average Bonchev–Trinajstić information content (AvgIpc) is 3.14. The van der Waals surface area contributed by atoms with Crippen LogP contribution in [0.25, 0.3) is 5.78 Å². The van der Waals surface area contributed by atoms with E-state index in [4.69, 9.17) is 5.73 Å². The highest BCUT2D eigenvalue weighted by molar-refractivity contribution is 5.85. The molecule has 0 saturated carbocycles. The van der Waals surface area contributed by atoms with Crippen molar-refractivity contribution in [2.24, 2.45) is 5.73 Å². The minimum atomic E-state index is 0. The fourth-order valence-electron chi connectivity index (χ4n) is 3.33. The molecule has 0 fully saturated rings. The largest absolute Gasteiger partial charge is 0.341 e. The van der Waals surface area contributed by atoms with Crippen molar-refractivity contribution in [3.8, 4) is 0 Å². The Morgan fingerprint density at radius 3 is 2.61 bits per heavy atom. The van der Waals surface area contributed by atoms with Gasteiger partial charge < -0.3 is 10.6 Å². The van der Waals surface area contributed by atoms with Gasteiger partial charge in [0.2, 0.25) is 5.91 Å².